The first-order valence-electron chi connectivity index (χ1n) is 5.02. The molecule has 0 aliphatic carbocycles. The Bertz CT molecular complexity index is 356. The van der Waals surface area contributed by atoms with Crippen molar-refractivity contribution >= 4 is 6.47 Å². The second kappa shape index (κ2) is 16.1. The summed E-state index contributed by atoms with van der Waals surface area (Å²) in [7, 11) is 0. The van der Waals surface area contributed by atoms with Gasteiger partial charge in [0, 0.05) is 0 Å². The predicted molar refractivity (Wildman–Crippen MR) is 75.8 cm³/mol. The molecule has 2 rings (SSSR count). The zero-order valence-electron chi connectivity index (χ0n) is 10.5. The van der Waals surface area contributed by atoms with Crippen LogP contribution in [-0.4, -0.2) is 11.6 Å². The molecule has 0 aliphatic heterocycles. The zero-order chi connectivity index (χ0) is 12.9. The topological polar surface area (TPSA) is 70.8 Å². The van der Waals surface area contributed by atoms with Crippen LogP contribution in [0.1, 0.15) is 11.1 Å². The summed E-state index contributed by atoms with van der Waals surface area (Å²) in [4.78, 5) is 8.36. The van der Waals surface area contributed by atoms with Gasteiger partial charge in [0.05, 0.1) is 0 Å². The molecule has 3 N–H and O–H groups in total. The molecule has 0 aromatic heterocycles. The van der Waals surface area contributed by atoms with Crippen LogP contribution in [0.2, 0.25) is 0 Å². The van der Waals surface area contributed by atoms with E-state index < -0.39 is 0 Å². The van der Waals surface area contributed by atoms with Crippen molar-refractivity contribution in [3.05, 3.63) is 91.8 Å². The average molecular weight is 303 g/mol. The maximum absolute atomic E-state index is 8.36. The van der Waals surface area contributed by atoms with Crippen molar-refractivity contribution in [3.8, 4) is 0 Å². The monoisotopic (exact) mass is 302 g/mol. The fourth-order valence-electron chi connectivity index (χ4n) is 0.956. The van der Waals surface area contributed by atoms with E-state index in [4.69, 9.17) is 9.90 Å². The third-order valence-electron chi connectivity index (χ3n) is 1.69. The number of nitrogens with two attached hydrogens (primary N) is 1. The standard InChI is InChI=1S/2C7H7.CH2O2.H2N.Ni/c2*1-7-5-3-2-4-6-7;2-1-3;;/h2*2-6H,1H2;1H,(H,2,3);1H2;/q2*-1;;-1;+3. The van der Waals surface area contributed by atoms with E-state index in [9.17, 15) is 0 Å². The molecule has 0 spiro atoms. The van der Waals surface area contributed by atoms with Gasteiger partial charge >= 0.3 is 16.5 Å². The number of hydrogen-bond donors (Lipinski definition) is 1. The number of rotatable bonds is 0. The van der Waals surface area contributed by atoms with Gasteiger partial charge in [-0.3, -0.25) is 4.79 Å². The molecule has 0 aliphatic rings. The van der Waals surface area contributed by atoms with Gasteiger partial charge < -0.3 is 11.3 Å². The van der Waals surface area contributed by atoms with E-state index in [1.165, 1.54) is 0 Å². The van der Waals surface area contributed by atoms with Crippen LogP contribution in [0.25, 0.3) is 6.15 Å². The zero-order valence-corrected chi connectivity index (χ0v) is 11.5. The molecule has 105 valence electrons. The molecular weight excluding hydrogens is 285 g/mol. The number of hydrogen-bond acceptors (Lipinski definition) is 1. The first kappa shape index (κ1) is 22.3. The molecule has 0 fully saturated rings. The smallest absolute Gasteiger partial charge is 0.693 e. The average Bonchev–Trinajstić information content (AvgIpc) is 2.33. The minimum absolute atomic E-state index is 0. The molecule has 0 bridgehead atoms. The van der Waals surface area contributed by atoms with Crippen molar-refractivity contribution in [2.45, 2.75) is 0 Å². The summed E-state index contributed by atoms with van der Waals surface area (Å²) >= 11 is 0. The Morgan fingerprint density at radius 2 is 1.00 bits per heavy atom. The van der Waals surface area contributed by atoms with E-state index in [0.29, 0.717) is 0 Å². The summed E-state index contributed by atoms with van der Waals surface area (Å²) in [5.74, 6) is 0. The quantitative estimate of drug-likeness (QED) is 0.451. The third kappa shape index (κ3) is 16.1. The molecule has 2 aromatic rings. The van der Waals surface area contributed by atoms with Gasteiger partial charge in [0.1, 0.15) is 0 Å². The summed E-state index contributed by atoms with van der Waals surface area (Å²) < 4.78 is 0. The maximum Gasteiger partial charge on any atom is 3.00 e. The second-order valence-corrected chi connectivity index (χ2v) is 3.08. The Morgan fingerprint density at radius 3 is 1.11 bits per heavy atom. The number of carboxylic acid groups (broad SMARTS) is 1. The van der Waals surface area contributed by atoms with Gasteiger partial charge in [-0.05, 0) is 0 Å². The fourth-order valence-corrected chi connectivity index (χ4v) is 0.956. The van der Waals surface area contributed by atoms with Crippen LogP contribution in [-0.2, 0) is 21.3 Å². The van der Waals surface area contributed by atoms with Gasteiger partial charge in [0.15, 0.2) is 0 Å². The summed E-state index contributed by atoms with van der Waals surface area (Å²) in [6, 6.07) is 19.7. The van der Waals surface area contributed by atoms with E-state index in [1.807, 2.05) is 60.7 Å². The van der Waals surface area contributed by atoms with Crippen molar-refractivity contribution in [1.29, 1.82) is 0 Å². The maximum atomic E-state index is 8.36. The minimum atomic E-state index is -0.250. The van der Waals surface area contributed by atoms with Crippen molar-refractivity contribution in [2.24, 2.45) is 0 Å². The van der Waals surface area contributed by atoms with Crippen molar-refractivity contribution in [3.63, 3.8) is 0 Å². The first-order valence-corrected chi connectivity index (χ1v) is 5.02. The van der Waals surface area contributed by atoms with E-state index in [-0.39, 0.29) is 29.1 Å². The second-order valence-electron chi connectivity index (χ2n) is 3.08. The van der Waals surface area contributed by atoms with Crippen LogP contribution in [0.5, 0.6) is 0 Å². The molecule has 4 heteroatoms. The Labute approximate surface area is 125 Å². The van der Waals surface area contributed by atoms with Gasteiger partial charge in [0.25, 0.3) is 6.47 Å². The molecule has 2 aromatic carbocycles. The number of benzene rings is 2. The molecule has 0 atom stereocenters. The van der Waals surface area contributed by atoms with Gasteiger partial charge in [-0.2, -0.15) is 49.2 Å². The molecule has 3 nitrogen and oxygen atoms in total. The first-order chi connectivity index (χ1) is 8.20. The van der Waals surface area contributed by atoms with Crippen LogP contribution in [0.4, 0.5) is 0 Å². The molecule has 0 amide bonds. The van der Waals surface area contributed by atoms with Crippen LogP contribution >= 0.6 is 0 Å². The Morgan fingerprint density at radius 1 is 0.789 bits per heavy atom. The van der Waals surface area contributed by atoms with Gasteiger partial charge in [0.2, 0.25) is 0 Å². The Hall–Kier alpha value is -1.90. The summed E-state index contributed by atoms with van der Waals surface area (Å²) in [5, 5.41) is 6.89. The van der Waals surface area contributed by atoms with E-state index in [0.717, 1.165) is 11.1 Å². The van der Waals surface area contributed by atoms with Gasteiger partial charge in [-0.15, -0.1) is 24.3 Å². The van der Waals surface area contributed by atoms with Crippen LogP contribution < -0.4 is 0 Å². The molecule has 0 unspecified atom stereocenters. The van der Waals surface area contributed by atoms with Crippen molar-refractivity contribution in [2.75, 3.05) is 0 Å². The Balaban J connectivity index is -0.000000207. The molecule has 0 saturated carbocycles. The minimum Gasteiger partial charge on any atom is -0.693 e. The summed E-state index contributed by atoms with van der Waals surface area (Å²) in [5.41, 5.74) is 2.14. The van der Waals surface area contributed by atoms with E-state index in [1.54, 1.807) is 0 Å². The summed E-state index contributed by atoms with van der Waals surface area (Å²) in [6.45, 7) is 7.19. The largest absolute Gasteiger partial charge is 3.00 e. The molecular formula is C15H18NNiO2. The predicted octanol–water partition coefficient (Wildman–Crippen LogP) is 4.15. The third-order valence-corrected chi connectivity index (χ3v) is 1.69. The molecule has 1 radical (unpaired) electrons. The van der Waals surface area contributed by atoms with Crippen LogP contribution in [0.15, 0.2) is 60.7 Å². The normalized spacial score (nSPS) is 6.95. The number of carbonyl (C=O) groups is 1. The van der Waals surface area contributed by atoms with Crippen LogP contribution in [0.3, 0.4) is 0 Å². The van der Waals surface area contributed by atoms with Crippen molar-refractivity contribution < 1.29 is 26.4 Å². The summed E-state index contributed by atoms with van der Waals surface area (Å²) in [6.07, 6.45) is 0. The molecule has 0 heterocycles. The molecule has 0 saturated heterocycles. The van der Waals surface area contributed by atoms with Crippen molar-refractivity contribution in [1.82, 2.24) is 0 Å². The van der Waals surface area contributed by atoms with E-state index in [2.05, 4.69) is 13.8 Å². The van der Waals surface area contributed by atoms with Gasteiger partial charge in [-0.1, -0.05) is 12.1 Å². The Kier molecular flexibility index (Phi) is 18.9. The van der Waals surface area contributed by atoms with E-state index >= 15 is 0 Å². The van der Waals surface area contributed by atoms with Crippen LogP contribution in [0, 0.1) is 13.8 Å². The fraction of sp³-hybridized carbons (Fsp3) is 0. The molecule has 19 heavy (non-hydrogen) atoms. The SMILES string of the molecule is O=CO.[CH2-]c1ccccc1.[CH2-]c1ccccc1.[NH2-].[Ni+3]. The van der Waals surface area contributed by atoms with Gasteiger partial charge in [-0.25, -0.2) is 0 Å².